The van der Waals surface area contributed by atoms with Gasteiger partial charge in [-0.1, -0.05) is 0 Å². The van der Waals surface area contributed by atoms with Gasteiger partial charge in [-0.25, -0.2) is 17.5 Å². The second-order valence-corrected chi connectivity index (χ2v) is 6.45. The lowest BCUT2D eigenvalue weighted by Crippen LogP contribution is -2.38. The summed E-state index contributed by atoms with van der Waals surface area (Å²) in [7, 11) is -4.05. The van der Waals surface area contributed by atoms with Crippen LogP contribution in [0, 0.1) is 21.8 Å². The number of benzene rings is 1. The monoisotopic (exact) mass is 304 g/mol. The number of nitro benzene ring substituents is 1. The summed E-state index contributed by atoms with van der Waals surface area (Å²) in [5.74, 6) is -1.14. The summed E-state index contributed by atoms with van der Waals surface area (Å²) in [6.07, 6.45) is 0.608. The van der Waals surface area contributed by atoms with Gasteiger partial charge in [-0.15, -0.1) is 0 Å². The van der Waals surface area contributed by atoms with Crippen LogP contribution in [0.4, 0.5) is 10.1 Å². The minimum absolute atomic E-state index is 0.0286. The zero-order chi connectivity index (χ0) is 14.9. The van der Waals surface area contributed by atoms with Crippen LogP contribution in [0.15, 0.2) is 23.1 Å². The lowest BCUT2D eigenvalue weighted by Gasteiger charge is -2.31. The molecule has 20 heavy (non-hydrogen) atoms. The highest BCUT2D eigenvalue weighted by molar-refractivity contribution is 7.89. The molecule has 1 fully saturated rings. The van der Waals surface area contributed by atoms with E-state index in [-0.39, 0.29) is 12.5 Å². The largest absolute Gasteiger partial charge is 0.393 e. The molecule has 2 N–H and O–H groups in total. The lowest BCUT2D eigenvalue weighted by molar-refractivity contribution is -0.385. The van der Waals surface area contributed by atoms with Gasteiger partial charge in [-0.05, 0) is 24.8 Å². The number of aliphatic hydroxyl groups excluding tert-OH is 1. The van der Waals surface area contributed by atoms with Gasteiger partial charge in [-0.3, -0.25) is 10.1 Å². The summed E-state index contributed by atoms with van der Waals surface area (Å²) in [6, 6.07) is 2.37. The Labute approximate surface area is 114 Å². The molecule has 1 aliphatic carbocycles. The summed E-state index contributed by atoms with van der Waals surface area (Å²) in [5, 5.41) is 19.5. The van der Waals surface area contributed by atoms with Gasteiger partial charge < -0.3 is 5.11 Å². The highest BCUT2D eigenvalue weighted by Crippen LogP contribution is 2.27. The molecule has 7 nitrogen and oxygen atoms in total. The number of rotatable bonds is 5. The molecule has 0 amide bonds. The van der Waals surface area contributed by atoms with E-state index in [4.69, 9.17) is 5.11 Å². The second-order valence-electron chi connectivity index (χ2n) is 4.71. The van der Waals surface area contributed by atoms with Gasteiger partial charge in [0, 0.05) is 12.6 Å². The van der Waals surface area contributed by atoms with Gasteiger partial charge in [0.1, 0.15) is 10.7 Å². The van der Waals surface area contributed by atoms with Crippen LogP contribution in [0.1, 0.15) is 12.8 Å². The third-order valence-electron chi connectivity index (χ3n) is 3.19. The maximum absolute atomic E-state index is 13.6. The molecule has 0 heterocycles. The average Bonchev–Trinajstić information content (AvgIpc) is 2.32. The van der Waals surface area contributed by atoms with E-state index >= 15 is 0 Å². The third-order valence-corrected chi connectivity index (χ3v) is 4.65. The maximum Gasteiger partial charge on any atom is 0.272 e. The van der Waals surface area contributed by atoms with Gasteiger partial charge in [-0.2, -0.15) is 0 Å². The molecule has 0 spiro atoms. The fraction of sp³-hybridized carbons (Fsp3) is 0.455. The predicted octanol–water partition coefficient (Wildman–Crippen LogP) is 0.783. The average molecular weight is 304 g/mol. The molecule has 9 heteroatoms. The van der Waals surface area contributed by atoms with Gasteiger partial charge in [0.25, 0.3) is 5.69 Å². The van der Waals surface area contributed by atoms with Crippen molar-refractivity contribution >= 4 is 15.7 Å². The Morgan fingerprint density at radius 2 is 2.10 bits per heavy atom. The SMILES string of the molecule is O=[N+]([O-])c1ccc(S(=O)(=O)NCC2CC(O)C2)c(F)c1. The second kappa shape index (κ2) is 5.43. The topological polar surface area (TPSA) is 110 Å². The Morgan fingerprint density at radius 1 is 1.45 bits per heavy atom. The highest BCUT2D eigenvalue weighted by Gasteiger charge is 2.29. The highest BCUT2D eigenvalue weighted by atomic mass is 32.2. The normalized spacial score (nSPS) is 22.3. The molecule has 0 unspecified atom stereocenters. The fourth-order valence-electron chi connectivity index (χ4n) is 1.99. The van der Waals surface area contributed by atoms with Crippen molar-refractivity contribution < 1.29 is 22.8 Å². The molecule has 110 valence electrons. The minimum atomic E-state index is -4.05. The van der Waals surface area contributed by atoms with Gasteiger partial charge in [0.2, 0.25) is 10.0 Å². The van der Waals surface area contributed by atoms with Crippen molar-refractivity contribution in [1.82, 2.24) is 4.72 Å². The molecule has 0 atom stereocenters. The van der Waals surface area contributed by atoms with Crippen molar-refractivity contribution in [3.63, 3.8) is 0 Å². The number of non-ortho nitro benzene ring substituents is 1. The van der Waals surface area contributed by atoms with Crippen molar-refractivity contribution in [2.24, 2.45) is 5.92 Å². The first kappa shape index (κ1) is 14.8. The van der Waals surface area contributed by atoms with Gasteiger partial charge in [0.15, 0.2) is 0 Å². The van der Waals surface area contributed by atoms with E-state index in [1.165, 1.54) is 0 Å². The molecule has 1 aromatic carbocycles. The maximum atomic E-state index is 13.6. The summed E-state index contributed by atoms with van der Waals surface area (Å²) >= 11 is 0. The smallest absolute Gasteiger partial charge is 0.272 e. The Hall–Kier alpha value is -1.58. The van der Waals surface area contributed by atoms with E-state index in [0.717, 1.165) is 12.1 Å². The number of aliphatic hydroxyl groups is 1. The van der Waals surface area contributed by atoms with Gasteiger partial charge >= 0.3 is 0 Å². The number of nitrogens with zero attached hydrogens (tertiary/aromatic N) is 1. The first-order chi connectivity index (χ1) is 9.29. The first-order valence-electron chi connectivity index (χ1n) is 5.91. The standard InChI is InChI=1S/C11H13FN2O5S/c12-10-5-8(14(16)17)1-2-11(10)20(18,19)13-6-7-3-9(15)4-7/h1-2,5,7,9,13,15H,3-4,6H2. The van der Waals surface area contributed by atoms with Gasteiger partial charge in [0.05, 0.1) is 17.1 Å². The van der Waals surface area contributed by atoms with Crippen LogP contribution in [0.5, 0.6) is 0 Å². The summed E-state index contributed by atoms with van der Waals surface area (Å²) < 4.78 is 39.6. The summed E-state index contributed by atoms with van der Waals surface area (Å²) in [4.78, 5) is 9.03. The van der Waals surface area contributed by atoms with E-state index in [1.807, 2.05) is 0 Å². The molecule has 0 aromatic heterocycles. The zero-order valence-electron chi connectivity index (χ0n) is 10.3. The van der Waals surface area contributed by atoms with Crippen LogP contribution in [0.3, 0.4) is 0 Å². The van der Waals surface area contributed by atoms with Crippen molar-refractivity contribution in [2.45, 2.75) is 23.8 Å². The van der Waals surface area contributed by atoms with Crippen LogP contribution >= 0.6 is 0 Å². The van der Waals surface area contributed by atoms with E-state index in [9.17, 15) is 22.9 Å². The minimum Gasteiger partial charge on any atom is -0.393 e. The van der Waals surface area contributed by atoms with E-state index < -0.39 is 37.5 Å². The fourth-order valence-corrected chi connectivity index (χ4v) is 3.17. The van der Waals surface area contributed by atoms with E-state index in [2.05, 4.69) is 4.72 Å². The molecule has 1 aliphatic rings. The van der Waals surface area contributed by atoms with Crippen molar-refractivity contribution in [2.75, 3.05) is 6.54 Å². The molecule has 1 aromatic rings. The summed E-state index contributed by atoms with van der Waals surface area (Å²) in [6.45, 7) is 0.107. The van der Waals surface area contributed by atoms with Crippen molar-refractivity contribution in [3.05, 3.63) is 34.1 Å². The molecule has 2 rings (SSSR count). The number of hydrogen-bond donors (Lipinski definition) is 2. The Kier molecular flexibility index (Phi) is 4.02. The molecule has 1 saturated carbocycles. The quantitative estimate of drug-likeness (QED) is 0.617. The number of nitro groups is 1. The molecule has 0 saturated heterocycles. The van der Waals surface area contributed by atoms with Crippen molar-refractivity contribution in [1.29, 1.82) is 0 Å². The van der Waals surface area contributed by atoms with Crippen LogP contribution in [0.25, 0.3) is 0 Å². The van der Waals surface area contributed by atoms with E-state index in [1.54, 1.807) is 0 Å². The number of nitrogens with one attached hydrogen (secondary N) is 1. The molecule has 0 bridgehead atoms. The number of sulfonamides is 1. The van der Waals surface area contributed by atoms with Crippen LogP contribution in [-0.4, -0.2) is 31.1 Å². The predicted molar refractivity (Wildman–Crippen MR) is 67.0 cm³/mol. The van der Waals surface area contributed by atoms with Crippen LogP contribution < -0.4 is 4.72 Å². The summed E-state index contributed by atoms with van der Waals surface area (Å²) in [5.41, 5.74) is -0.511. The Balaban J connectivity index is 2.11. The molecule has 0 aliphatic heterocycles. The van der Waals surface area contributed by atoms with Crippen LogP contribution in [0.2, 0.25) is 0 Å². The van der Waals surface area contributed by atoms with Crippen molar-refractivity contribution in [3.8, 4) is 0 Å². The van der Waals surface area contributed by atoms with Crippen LogP contribution in [-0.2, 0) is 10.0 Å². The zero-order valence-corrected chi connectivity index (χ0v) is 11.1. The first-order valence-corrected chi connectivity index (χ1v) is 7.39. The van der Waals surface area contributed by atoms with E-state index in [0.29, 0.717) is 18.9 Å². The molecular formula is C11H13FN2O5S. The number of halogens is 1. The molecular weight excluding hydrogens is 291 g/mol. The number of hydrogen-bond acceptors (Lipinski definition) is 5. The lowest BCUT2D eigenvalue weighted by atomic mass is 9.83. The Bertz CT molecular complexity index is 628. The molecule has 0 radical (unpaired) electrons. The third kappa shape index (κ3) is 3.11. The Morgan fingerprint density at radius 3 is 2.60 bits per heavy atom.